The molecule has 0 bridgehead atoms. The quantitative estimate of drug-likeness (QED) is 0.778. The molecular formula is C12H12N2O. The molecule has 0 saturated carbocycles. The molecule has 1 amide bonds. The Kier molecular flexibility index (Phi) is 2.54. The highest BCUT2D eigenvalue weighted by atomic mass is 16.1. The fourth-order valence-electron chi connectivity index (χ4n) is 1.59. The first-order valence-electron chi connectivity index (χ1n) is 4.77. The van der Waals surface area contributed by atoms with E-state index in [0.717, 1.165) is 12.0 Å². The summed E-state index contributed by atoms with van der Waals surface area (Å²) >= 11 is 0. The first kappa shape index (κ1) is 9.52. The van der Waals surface area contributed by atoms with Crippen molar-refractivity contribution < 1.29 is 4.79 Å². The smallest absolute Gasteiger partial charge is 0.265 e. The van der Waals surface area contributed by atoms with Crippen molar-refractivity contribution in [2.75, 3.05) is 0 Å². The van der Waals surface area contributed by atoms with Gasteiger partial charge in [-0.15, -0.1) is 0 Å². The molecule has 0 spiro atoms. The Hall–Kier alpha value is -2.03. The van der Waals surface area contributed by atoms with E-state index < -0.39 is 5.91 Å². The van der Waals surface area contributed by atoms with Gasteiger partial charge in [0.25, 0.3) is 5.91 Å². The van der Waals surface area contributed by atoms with E-state index in [4.69, 9.17) is 5.73 Å². The molecule has 0 fully saturated rings. The van der Waals surface area contributed by atoms with Gasteiger partial charge in [-0.05, 0) is 23.6 Å². The summed E-state index contributed by atoms with van der Waals surface area (Å²) in [4.78, 5) is 13.9. The number of carbonyl (C=O) groups is 1. The molecule has 3 nitrogen and oxygen atoms in total. The van der Waals surface area contributed by atoms with Crippen molar-refractivity contribution in [3.63, 3.8) is 0 Å². The van der Waals surface area contributed by atoms with Crippen molar-refractivity contribution in [3.8, 4) is 0 Å². The molecule has 0 radical (unpaired) electrons. The zero-order valence-electron chi connectivity index (χ0n) is 8.23. The Balaban J connectivity index is 2.25. The number of hydrogen-bond acceptors (Lipinski definition) is 1. The fraction of sp³-hybridized carbons (Fsp3) is 0.0833. The Labute approximate surface area is 87.9 Å². The fourth-order valence-corrected chi connectivity index (χ4v) is 1.59. The second-order valence-corrected chi connectivity index (χ2v) is 3.40. The molecule has 1 aromatic carbocycles. The van der Waals surface area contributed by atoms with Gasteiger partial charge < -0.3 is 10.7 Å². The van der Waals surface area contributed by atoms with Crippen LogP contribution in [0.25, 0.3) is 0 Å². The van der Waals surface area contributed by atoms with Gasteiger partial charge in [-0.3, -0.25) is 4.79 Å². The lowest BCUT2D eigenvalue weighted by Crippen LogP contribution is -2.13. The monoisotopic (exact) mass is 200 g/mol. The molecule has 0 atom stereocenters. The molecular weight excluding hydrogens is 188 g/mol. The van der Waals surface area contributed by atoms with Crippen LogP contribution in [0.5, 0.6) is 0 Å². The normalized spacial score (nSPS) is 10.1. The van der Waals surface area contributed by atoms with Crippen molar-refractivity contribution in [2.45, 2.75) is 6.42 Å². The standard InChI is InChI=1S/C12H12N2O/c13-12(15)11-10(6-7-14-11)8-9-4-2-1-3-5-9/h1-7,14H,8H2,(H2,13,15). The number of H-pyrrole nitrogens is 1. The number of amides is 1. The summed E-state index contributed by atoms with van der Waals surface area (Å²) < 4.78 is 0. The second kappa shape index (κ2) is 4.00. The van der Waals surface area contributed by atoms with E-state index >= 15 is 0 Å². The average molecular weight is 200 g/mol. The Morgan fingerprint density at radius 3 is 2.60 bits per heavy atom. The van der Waals surface area contributed by atoms with Gasteiger partial charge in [0, 0.05) is 6.20 Å². The first-order chi connectivity index (χ1) is 7.27. The van der Waals surface area contributed by atoms with Crippen LogP contribution in [0.4, 0.5) is 0 Å². The van der Waals surface area contributed by atoms with Crippen molar-refractivity contribution in [1.29, 1.82) is 0 Å². The third kappa shape index (κ3) is 2.07. The Bertz CT molecular complexity index is 459. The molecule has 0 aliphatic heterocycles. The maximum Gasteiger partial charge on any atom is 0.265 e. The third-order valence-corrected chi connectivity index (χ3v) is 2.32. The molecule has 76 valence electrons. The van der Waals surface area contributed by atoms with Crippen LogP contribution in [0.15, 0.2) is 42.6 Å². The molecule has 2 aromatic rings. The topological polar surface area (TPSA) is 58.9 Å². The number of nitrogens with one attached hydrogen (secondary N) is 1. The summed E-state index contributed by atoms with van der Waals surface area (Å²) in [5.41, 5.74) is 7.85. The van der Waals surface area contributed by atoms with Crippen LogP contribution in [0.1, 0.15) is 21.6 Å². The Morgan fingerprint density at radius 2 is 1.93 bits per heavy atom. The highest BCUT2D eigenvalue weighted by Crippen LogP contribution is 2.12. The van der Waals surface area contributed by atoms with Crippen molar-refractivity contribution >= 4 is 5.91 Å². The highest BCUT2D eigenvalue weighted by Gasteiger charge is 2.08. The molecule has 1 aromatic heterocycles. The van der Waals surface area contributed by atoms with Crippen LogP contribution >= 0.6 is 0 Å². The highest BCUT2D eigenvalue weighted by molar-refractivity contribution is 5.92. The summed E-state index contributed by atoms with van der Waals surface area (Å²) in [5.74, 6) is -0.411. The number of primary amides is 1. The van der Waals surface area contributed by atoms with Crippen LogP contribution in [-0.4, -0.2) is 10.9 Å². The minimum absolute atomic E-state index is 0.411. The van der Waals surface area contributed by atoms with Gasteiger partial charge in [-0.2, -0.15) is 0 Å². The lowest BCUT2D eigenvalue weighted by molar-refractivity contribution is 0.0995. The number of aromatic nitrogens is 1. The van der Waals surface area contributed by atoms with Crippen LogP contribution in [-0.2, 0) is 6.42 Å². The maximum atomic E-state index is 11.1. The molecule has 2 rings (SSSR count). The van der Waals surface area contributed by atoms with Gasteiger partial charge in [0.05, 0.1) is 0 Å². The summed E-state index contributed by atoms with van der Waals surface area (Å²) in [6, 6.07) is 11.9. The number of carbonyl (C=O) groups excluding carboxylic acids is 1. The summed E-state index contributed by atoms with van der Waals surface area (Å²) in [6.07, 6.45) is 2.46. The number of nitrogens with two attached hydrogens (primary N) is 1. The zero-order chi connectivity index (χ0) is 10.7. The molecule has 3 N–H and O–H groups in total. The molecule has 0 aliphatic carbocycles. The van der Waals surface area contributed by atoms with Crippen LogP contribution in [0.3, 0.4) is 0 Å². The van der Waals surface area contributed by atoms with Gasteiger partial charge in [0.2, 0.25) is 0 Å². The van der Waals surface area contributed by atoms with Crippen LogP contribution < -0.4 is 5.73 Å². The van der Waals surface area contributed by atoms with Crippen LogP contribution in [0, 0.1) is 0 Å². The van der Waals surface area contributed by atoms with E-state index in [1.807, 2.05) is 36.4 Å². The minimum atomic E-state index is -0.411. The van der Waals surface area contributed by atoms with E-state index in [1.54, 1.807) is 6.20 Å². The number of aromatic amines is 1. The number of benzene rings is 1. The molecule has 0 saturated heterocycles. The van der Waals surface area contributed by atoms with E-state index in [2.05, 4.69) is 4.98 Å². The lowest BCUT2D eigenvalue weighted by atomic mass is 10.1. The molecule has 3 heteroatoms. The third-order valence-electron chi connectivity index (χ3n) is 2.32. The number of rotatable bonds is 3. The van der Waals surface area contributed by atoms with Gasteiger partial charge in [-0.1, -0.05) is 30.3 Å². The van der Waals surface area contributed by atoms with E-state index in [1.165, 1.54) is 5.56 Å². The first-order valence-corrected chi connectivity index (χ1v) is 4.77. The summed E-state index contributed by atoms with van der Waals surface area (Å²) in [6.45, 7) is 0. The van der Waals surface area contributed by atoms with Crippen LogP contribution in [0.2, 0.25) is 0 Å². The lowest BCUT2D eigenvalue weighted by Gasteiger charge is -2.00. The maximum absolute atomic E-state index is 11.1. The molecule has 1 heterocycles. The van der Waals surface area contributed by atoms with E-state index in [0.29, 0.717) is 5.69 Å². The largest absolute Gasteiger partial charge is 0.364 e. The SMILES string of the molecule is NC(=O)c1[nH]ccc1Cc1ccccc1. The Morgan fingerprint density at radius 1 is 1.20 bits per heavy atom. The minimum Gasteiger partial charge on any atom is -0.364 e. The molecule has 0 aliphatic rings. The average Bonchev–Trinajstić information content (AvgIpc) is 2.67. The second-order valence-electron chi connectivity index (χ2n) is 3.40. The molecule has 0 unspecified atom stereocenters. The zero-order valence-corrected chi connectivity index (χ0v) is 8.23. The summed E-state index contributed by atoms with van der Waals surface area (Å²) in [5, 5.41) is 0. The van der Waals surface area contributed by atoms with Gasteiger partial charge in [0.1, 0.15) is 5.69 Å². The molecule has 15 heavy (non-hydrogen) atoms. The van der Waals surface area contributed by atoms with E-state index in [9.17, 15) is 4.79 Å². The van der Waals surface area contributed by atoms with Gasteiger partial charge in [-0.25, -0.2) is 0 Å². The van der Waals surface area contributed by atoms with Gasteiger partial charge >= 0.3 is 0 Å². The summed E-state index contributed by atoms with van der Waals surface area (Å²) in [7, 11) is 0. The van der Waals surface area contributed by atoms with Crippen molar-refractivity contribution in [3.05, 3.63) is 59.4 Å². The van der Waals surface area contributed by atoms with E-state index in [-0.39, 0.29) is 0 Å². The van der Waals surface area contributed by atoms with Crippen molar-refractivity contribution in [1.82, 2.24) is 4.98 Å². The number of hydrogen-bond donors (Lipinski definition) is 2. The predicted octanol–water partition coefficient (Wildman–Crippen LogP) is 1.70. The predicted molar refractivity (Wildman–Crippen MR) is 58.6 cm³/mol. The van der Waals surface area contributed by atoms with Gasteiger partial charge in [0.15, 0.2) is 0 Å². The van der Waals surface area contributed by atoms with Crippen molar-refractivity contribution in [2.24, 2.45) is 5.73 Å².